The van der Waals surface area contributed by atoms with Crippen LogP contribution in [0.25, 0.3) is 10.2 Å². The molecule has 3 N–H and O–H groups in total. The Balaban J connectivity index is 1.47. The summed E-state index contributed by atoms with van der Waals surface area (Å²) in [5.74, 6) is -0.204. The Morgan fingerprint density at radius 1 is 1.12 bits per heavy atom. The van der Waals surface area contributed by atoms with Crippen LogP contribution in [0.4, 0.5) is 16.2 Å². The maximum Gasteiger partial charge on any atom is 0.319 e. The average Bonchev–Trinajstić information content (AvgIpc) is 3.36. The Kier molecular flexibility index (Phi) is 6.76. The predicted octanol–water partition coefficient (Wildman–Crippen LogP) is 5.67. The minimum atomic E-state index is -0.321. The SMILES string of the molecule is C=CCNC(=O)Nc1ccc(NC(=O)c2cc3c(C)nn(Cc4ccccc4Cl)c3s2)cc1. The minimum Gasteiger partial charge on any atom is -0.334 e. The van der Waals surface area contributed by atoms with Crippen LogP contribution in [-0.4, -0.2) is 28.3 Å². The first-order valence-electron chi connectivity index (χ1n) is 10.2. The second-order valence-corrected chi connectivity index (χ2v) is 8.76. The topological polar surface area (TPSA) is 88.1 Å². The summed E-state index contributed by atoms with van der Waals surface area (Å²) >= 11 is 7.70. The molecule has 2 heterocycles. The van der Waals surface area contributed by atoms with Gasteiger partial charge in [-0.3, -0.25) is 9.48 Å². The Hall–Kier alpha value is -3.62. The van der Waals surface area contributed by atoms with Crippen LogP contribution >= 0.6 is 22.9 Å². The van der Waals surface area contributed by atoms with Gasteiger partial charge in [-0.2, -0.15) is 5.10 Å². The number of amides is 3. The third-order valence-electron chi connectivity index (χ3n) is 4.92. The molecule has 7 nitrogen and oxygen atoms in total. The molecule has 9 heteroatoms. The highest BCUT2D eigenvalue weighted by Crippen LogP contribution is 2.30. The number of anilines is 2. The van der Waals surface area contributed by atoms with Crippen molar-refractivity contribution in [3.8, 4) is 0 Å². The summed E-state index contributed by atoms with van der Waals surface area (Å²) in [7, 11) is 0. The monoisotopic (exact) mass is 479 g/mol. The molecule has 3 amide bonds. The number of fused-ring (bicyclic) bond motifs is 1. The molecular formula is C24H22ClN5O2S. The highest BCUT2D eigenvalue weighted by Gasteiger charge is 2.17. The number of aryl methyl sites for hydroxylation is 1. The quantitative estimate of drug-likeness (QED) is 0.298. The van der Waals surface area contributed by atoms with E-state index in [9.17, 15) is 9.59 Å². The lowest BCUT2D eigenvalue weighted by molar-refractivity contribution is 0.103. The van der Waals surface area contributed by atoms with Crippen molar-refractivity contribution in [2.24, 2.45) is 0 Å². The van der Waals surface area contributed by atoms with E-state index in [2.05, 4.69) is 27.6 Å². The van der Waals surface area contributed by atoms with Crippen LogP contribution in [0.2, 0.25) is 5.02 Å². The van der Waals surface area contributed by atoms with Gasteiger partial charge >= 0.3 is 6.03 Å². The summed E-state index contributed by atoms with van der Waals surface area (Å²) in [6, 6.07) is 16.1. The van der Waals surface area contributed by atoms with Gasteiger partial charge < -0.3 is 16.0 Å². The van der Waals surface area contributed by atoms with Crippen molar-refractivity contribution < 1.29 is 9.59 Å². The van der Waals surface area contributed by atoms with Crippen LogP contribution in [0.5, 0.6) is 0 Å². The van der Waals surface area contributed by atoms with Crippen LogP contribution in [0.15, 0.2) is 67.3 Å². The number of rotatable bonds is 7. The largest absolute Gasteiger partial charge is 0.334 e. The average molecular weight is 480 g/mol. The standard InChI is InChI=1S/C24H22ClN5O2S/c1-3-12-26-24(32)28-18-10-8-17(9-11-18)27-22(31)21-13-19-15(2)29-30(23(19)33-21)14-16-6-4-5-7-20(16)25/h3-11,13H,1,12,14H2,2H3,(H,27,31)(H2,26,28,32). The van der Waals surface area contributed by atoms with Crippen LogP contribution in [0.3, 0.4) is 0 Å². The Labute approximate surface area is 200 Å². The Bertz CT molecular complexity index is 1330. The van der Waals surface area contributed by atoms with Crippen molar-refractivity contribution in [3.05, 3.63) is 88.4 Å². The number of hydrogen-bond donors (Lipinski definition) is 3. The molecule has 0 radical (unpaired) electrons. The smallest absolute Gasteiger partial charge is 0.319 e. The molecule has 0 fully saturated rings. The number of halogens is 1. The number of thiophene rings is 1. The summed E-state index contributed by atoms with van der Waals surface area (Å²) in [6.07, 6.45) is 1.60. The van der Waals surface area contributed by atoms with Gasteiger partial charge in [0.25, 0.3) is 5.91 Å². The maximum absolute atomic E-state index is 12.9. The molecule has 168 valence electrons. The van der Waals surface area contributed by atoms with Crippen LogP contribution in [0, 0.1) is 6.92 Å². The molecule has 0 aliphatic carbocycles. The molecule has 0 saturated heterocycles. The molecule has 0 aliphatic rings. The number of benzene rings is 2. The van der Waals surface area contributed by atoms with Crippen molar-refractivity contribution in [2.75, 3.05) is 17.2 Å². The number of carbonyl (C=O) groups excluding carboxylic acids is 2. The molecule has 4 aromatic rings. The second kappa shape index (κ2) is 9.89. The van der Waals surface area contributed by atoms with E-state index < -0.39 is 0 Å². The van der Waals surface area contributed by atoms with Crippen LogP contribution < -0.4 is 16.0 Å². The van der Waals surface area contributed by atoms with E-state index in [0.717, 1.165) is 21.5 Å². The van der Waals surface area contributed by atoms with Gasteiger partial charge in [-0.25, -0.2) is 4.79 Å². The fraction of sp³-hybridized carbons (Fsp3) is 0.125. The highest BCUT2D eigenvalue weighted by atomic mass is 35.5. The fourth-order valence-corrected chi connectivity index (χ4v) is 4.54. The first-order valence-corrected chi connectivity index (χ1v) is 11.4. The first-order chi connectivity index (χ1) is 15.9. The summed E-state index contributed by atoms with van der Waals surface area (Å²) in [5, 5.41) is 14.5. The number of hydrogen-bond acceptors (Lipinski definition) is 4. The number of nitrogens with zero attached hydrogens (tertiary/aromatic N) is 2. The molecule has 2 aromatic heterocycles. The lowest BCUT2D eigenvalue weighted by atomic mass is 10.2. The molecule has 33 heavy (non-hydrogen) atoms. The molecule has 0 atom stereocenters. The van der Waals surface area contributed by atoms with Gasteiger partial charge in [0.1, 0.15) is 4.83 Å². The lowest BCUT2D eigenvalue weighted by Crippen LogP contribution is -2.28. The van der Waals surface area contributed by atoms with E-state index in [1.165, 1.54) is 11.3 Å². The number of aromatic nitrogens is 2. The molecule has 0 saturated carbocycles. The van der Waals surface area contributed by atoms with Gasteiger partial charge in [-0.15, -0.1) is 17.9 Å². The molecule has 0 spiro atoms. The zero-order chi connectivity index (χ0) is 23.4. The van der Waals surface area contributed by atoms with Gasteiger partial charge in [-0.05, 0) is 48.9 Å². The third-order valence-corrected chi connectivity index (χ3v) is 6.43. The third kappa shape index (κ3) is 5.24. The molecule has 0 unspecified atom stereocenters. The maximum atomic E-state index is 12.9. The zero-order valence-corrected chi connectivity index (χ0v) is 19.5. The Morgan fingerprint density at radius 3 is 2.52 bits per heavy atom. The van der Waals surface area contributed by atoms with Crippen molar-refractivity contribution in [2.45, 2.75) is 13.5 Å². The van der Waals surface area contributed by atoms with Gasteiger partial charge in [0, 0.05) is 28.3 Å². The van der Waals surface area contributed by atoms with E-state index >= 15 is 0 Å². The number of carbonyl (C=O) groups is 2. The summed E-state index contributed by atoms with van der Waals surface area (Å²) in [4.78, 5) is 26.1. The molecular weight excluding hydrogens is 458 g/mol. The number of urea groups is 1. The van der Waals surface area contributed by atoms with Crippen molar-refractivity contribution in [1.29, 1.82) is 0 Å². The van der Waals surface area contributed by atoms with E-state index in [0.29, 0.717) is 34.4 Å². The van der Waals surface area contributed by atoms with Gasteiger partial charge in [0.2, 0.25) is 0 Å². The van der Waals surface area contributed by atoms with Gasteiger partial charge in [0.15, 0.2) is 0 Å². The van der Waals surface area contributed by atoms with Crippen molar-refractivity contribution >= 4 is 56.5 Å². The minimum absolute atomic E-state index is 0.204. The molecule has 0 bridgehead atoms. The summed E-state index contributed by atoms with van der Waals surface area (Å²) < 4.78 is 1.88. The lowest BCUT2D eigenvalue weighted by Gasteiger charge is -2.08. The van der Waals surface area contributed by atoms with Crippen molar-refractivity contribution in [3.63, 3.8) is 0 Å². The van der Waals surface area contributed by atoms with Gasteiger partial charge in [-0.1, -0.05) is 35.9 Å². The second-order valence-electron chi connectivity index (χ2n) is 7.32. The molecule has 0 aliphatic heterocycles. The zero-order valence-electron chi connectivity index (χ0n) is 17.9. The molecule has 4 rings (SSSR count). The van der Waals surface area contributed by atoms with E-state index in [-0.39, 0.29) is 11.9 Å². The van der Waals surface area contributed by atoms with E-state index in [4.69, 9.17) is 11.6 Å². The van der Waals surface area contributed by atoms with E-state index in [1.807, 2.05) is 41.9 Å². The van der Waals surface area contributed by atoms with Crippen LogP contribution in [0.1, 0.15) is 20.9 Å². The summed E-state index contributed by atoms with van der Waals surface area (Å²) in [6.45, 7) is 6.39. The van der Waals surface area contributed by atoms with Gasteiger partial charge in [0.05, 0.1) is 17.1 Å². The van der Waals surface area contributed by atoms with Crippen LogP contribution in [-0.2, 0) is 6.54 Å². The normalized spacial score (nSPS) is 10.7. The molecule has 2 aromatic carbocycles. The Morgan fingerprint density at radius 2 is 1.82 bits per heavy atom. The first kappa shape index (κ1) is 22.6. The summed E-state index contributed by atoms with van der Waals surface area (Å²) in [5.41, 5.74) is 3.07. The fourth-order valence-electron chi connectivity index (χ4n) is 3.29. The number of nitrogens with one attached hydrogen (secondary N) is 3. The highest BCUT2D eigenvalue weighted by molar-refractivity contribution is 7.20. The van der Waals surface area contributed by atoms with E-state index in [1.54, 1.807) is 30.3 Å². The van der Waals surface area contributed by atoms with Crippen molar-refractivity contribution in [1.82, 2.24) is 15.1 Å². The predicted molar refractivity (Wildman–Crippen MR) is 135 cm³/mol.